The van der Waals surface area contributed by atoms with Crippen molar-refractivity contribution in [2.24, 2.45) is 0 Å². The second-order valence-electron chi connectivity index (χ2n) is 7.78. The van der Waals surface area contributed by atoms with E-state index in [-0.39, 0.29) is 12.2 Å². The number of imidazole rings is 1. The van der Waals surface area contributed by atoms with E-state index in [0.717, 1.165) is 44.7 Å². The highest BCUT2D eigenvalue weighted by atomic mass is 16.5. The minimum Gasteiger partial charge on any atom is -0.388 e. The molecular formula is C18H31N3O3. The number of hydrogen-bond donors (Lipinski definition) is 3. The van der Waals surface area contributed by atoms with Gasteiger partial charge in [0.15, 0.2) is 0 Å². The standard InChI is InChI=1S/C18H31N3O3/c1-3-4-5-16-19-10-14(20-16)11-21-8-6-18(7-9-21)13-17(2,23)15(22)12-24-18/h10,15,22-23H,3-9,11-13H2,1-2H3,(H,19,20)/t15-,17-/m0/s1. The average Bonchev–Trinajstić information content (AvgIpc) is 2.99. The number of nitrogens with one attached hydrogen (secondary N) is 1. The molecule has 24 heavy (non-hydrogen) atoms. The van der Waals surface area contributed by atoms with Crippen LogP contribution in [0.2, 0.25) is 0 Å². The predicted molar refractivity (Wildman–Crippen MR) is 91.6 cm³/mol. The van der Waals surface area contributed by atoms with Gasteiger partial charge in [-0.15, -0.1) is 0 Å². The summed E-state index contributed by atoms with van der Waals surface area (Å²) in [6, 6.07) is 0. The van der Waals surface area contributed by atoms with E-state index in [2.05, 4.69) is 21.8 Å². The summed E-state index contributed by atoms with van der Waals surface area (Å²) in [7, 11) is 0. The Morgan fingerprint density at radius 3 is 2.83 bits per heavy atom. The topological polar surface area (TPSA) is 81.6 Å². The van der Waals surface area contributed by atoms with Crippen LogP contribution in [0.1, 0.15) is 57.5 Å². The fraction of sp³-hybridized carbons (Fsp3) is 0.833. The van der Waals surface area contributed by atoms with Gasteiger partial charge < -0.3 is 19.9 Å². The van der Waals surface area contributed by atoms with Crippen LogP contribution in [-0.4, -0.2) is 62.1 Å². The van der Waals surface area contributed by atoms with Crippen LogP contribution < -0.4 is 0 Å². The van der Waals surface area contributed by atoms with E-state index in [0.29, 0.717) is 6.42 Å². The normalized spacial score (nSPS) is 30.8. The van der Waals surface area contributed by atoms with Crippen molar-refractivity contribution in [2.75, 3.05) is 19.7 Å². The lowest BCUT2D eigenvalue weighted by Crippen LogP contribution is -2.59. The number of nitrogens with zero attached hydrogens (tertiary/aromatic N) is 2. The van der Waals surface area contributed by atoms with Crippen LogP contribution in [0, 0.1) is 0 Å². The molecule has 3 rings (SSSR count). The molecule has 136 valence electrons. The van der Waals surface area contributed by atoms with E-state index in [4.69, 9.17) is 4.74 Å². The maximum absolute atomic E-state index is 10.4. The third-order valence-electron chi connectivity index (χ3n) is 5.55. The first-order chi connectivity index (χ1) is 11.4. The molecule has 2 saturated heterocycles. The number of aryl methyl sites for hydroxylation is 1. The molecule has 0 aliphatic carbocycles. The first-order valence-electron chi connectivity index (χ1n) is 9.22. The summed E-state index contributed by atoms with van der Waals surface area (Å²) in [6.45, 7) is 6.90. The lowest BCUT2D eigenvalue weighted by molar-refractivity contribution is -0.223. The molecule has 6 heteroatoms. The first kappa shape index (κ1) is 17.9. The molecular weight excluding hydrogens is 306 g/mol. The number of unbranched alkanes of at least 4 members (excludes halogenated alkanes) is 1. The number of aromatic nitrogens is 2. The maximum atomic E-state index is 10.4. The Kier molecular flexibility index (Phi) is 5.30. The van der Waals surface area contributed by atoms with Crippen molar-refractivity contribution < 1.29 is 14.9 Å². The number of likely N-dealkylation sites (tertiary alicyclic amines) is 1. The fourth-order valence-corrected chi connectivity index (χ4v) is 3.89. The van der Waals surface area contributed by atoms with Gasteiger partial charge in [0, 0.05) is 44.4 Å². The molecule has 0 aromatic carbocycles. The van der Waals surface area contributed by atoms with Crippen molar-refractivity contribution in [3.05, 3.63) is 17.7 Å². The number of aromatic amines is 1. The fourth-order valence-electron chi connectivity index (χ4n) is 3.89. The second kappa shape index (κ2) is 7.12. The van der Waals surface area contributed by atoms with Crippen molar-refractivity contribution in [1.82, 2.24) is 14.9 Å². The number of ether oxygens (including phenoxy) is 1. The van der Waals surface area contributed by atoms with E-state index in [9.17, 15) is 10.2 Å². The van der Waals surface area contributed by atoms with Gasteiger partial charge in [-0.05, 0) is 26.2 Å². The third kappa shape index (κ3) is 3.99. The van der Waals surface area contributed by atoms with Crippen LogP contribution in [0.4, 0.5) is 0 Å². The summed E-state index contributed by atoms with van der Waals surface area (Å²) >= 11 is 0. The minimum atomic E-state index is -1.04. The Bertz CT molecular complexity index is 535. The molecule has 0 unspecified atom stereocenters. The third-order valence-corrected chi connectivity index (χ3v) is 5.55. The van der Waals surface area contributed by atoms with Crippen molar-refractivity contribution in [3.63, 3.8) is 0 Å². The van der Waals surface area contributed by atoms with Crippen LogP contribution in [0.5, 0.6) is 0 Å². The summed E-state index contributed by atoms with van der Waals surface area (Å²) in [4.78, 5) is 10.3. The Balaban J connectivity index is 1.51. The zero-order valence-electron chi connectivity index (χ0n) is 14.9. The van der Waals surface area contributed by atoms with E-state index < -0.39 is 11.7 Å². The van der Waals surface area contributed by atoms with Crippen LogP contribution in [0.15, 0.2) is 6.20 Å². The molecule has 0 radical (unpaired) electrons. The minimum absolute atomic E-state index is 0.230. The van der Waals surface area contributed by atoms with Gasteiger partial charge in [-0.1, -0.05) is 13.3 Å². The van der Waals surface area contributed by atoms with Gasteiger partial charge in [0.05, 0.1) is 17.8 Å². The van der Waals surface area contributed by atoms with Gasteiger partial charge in [0.2, 0.25) is 0 Å². The quantitative estimate of drug-likeness (QED) is 0.761. The highest BCUT2D eigenvalue weighted by Crippen LogP contribution is 2.39. The number of aliphatic hydroxyl groups excluding tert-OH is 1. The molecule has 1 aromatic heterocycles. The summed E-state index contributed by atoms with van der Waals surface area (Å²) < 4.78 is 5.94. The van der Waals surface area contributed by atoms with Gasteiger partial charge in [0.25, 0.3) is 0 Å². The Labute approximate surface area is 144 Å². The smallest absolute Gasteiger partial charge is 0.106 e. The number of aliphatic hydroxyl groups is 2. The largest absolute Gasteiger partial charge is 0.388 e. The Morgan fingerprint density at radius 2 is 2.17 bits per heavy atom. The molecule has 6 nitrogen and oxygen atoms in total. The Morgan fingerprint density at radius 1 is 1.42 bits per heavy atom. The highest BCUT2D eigenvalue weighted by Gasteiger charge is 2.48. The van der Waals surface area contributed by atoms with Gasteiger partial charge in [-0.2, -0.15) is 0 Å². The first-order valence-corrected chi connectivity index (χ1v) is 9.22. The molecule has 1 spiro atoms. The van der Waals surface area contributed by atoms with E-state index in [1.165, 1.54) is 18.5 Å². The molecule has 3 heterocycles. The summed E-state index contributed by atoms with van der Waals surface area (Å²) in [5.74, 6) is 1.08. The van der Waals surface area contributed by atoms with Crippen molar-refractivity contribution in [1.29, 1.82) is 0 Å². The Hall–Kier alpha value is -0.950. The second-order valence-corrected chi connectivity index (χ2v) is 7.78. The number of piperidine rings is 1. The molecule has 2 aliphatic heterocycles. The van der Waals surface area contributed by atoms with Crippen LogP contribution in [-0.2, 0) is 17.7 Å². The van der Waals surface area contributed by atoms with Crippen LogP contribution in [0.25, 0.3) is 0 Å². The lowest BCUT2D eigenvalue weighted by atomic mass is 9.76. The van der Waals surface area contributed by atoms with Gasteiger partial charge >= 0.3 is 0 Å². The highest BCUT2D eigenvalue weighted by molar-refractivity contribution is 5.04. The van der Waals surface area contributed by atoms with Crippen LogP contribution >= 0.6 is 0 Å². The zero-order chi connectivity index (χ0) is 17.2. The van der Waals surface area contributed by atoms with Crippen molar-refractivity contribution in [3.8, 4) is 0 Å². The molecule has 2 aliphatic rings. The average molecular weight is 337 g/mol. The molecule has 2 atom stereocenters. The maximum Gasteiger partial charge on any atom is 0.106 e. The van der Waals surface area contributed by atoms with Gasteiger partial charge in [0.1, 0.15) is 11.9 Å². The van der Waals surface area contributed by atoms with E-state index >= 15 is 0 Å². The summed E-state index contributed by atoms with van der Waals surface area (Å²) in [5.41, 5.74) is -0.152. The molecule has 2 fully saturated rings. The molecule has 0 bridgehead atoms. The van der Waals surface area contributed by atoms with Crippen molar-refractivity contribution in [2.45, 2.75) is 76.2 Å². The summed E-state index contributed by atoms with van der Waals surface area (Å²) in [5, 5.41) is 20.2. The molecule has 1 aromatic rings. The molecule has 3 N–H and O–H groups in total. The van der Waals surface area contributed by atoms with Crippen LogP contribution in [0.3, 0.4) is 0 Å². The van der Waals surface area contributed by atoms with Crippen molar-refractivity contribution >= 4 is 0 Å². The number of hydrogen-bond acceptors (Lipinski definition) is 5. The molecule has 0 saturated carbocycles. The lowest BCUT2D eigenvalue weighted by Gasteiger charge is -2.49. The van der Waals surface area contributed by atoms with Gasteiger partial charge in [-0.3, -0.25) is 4.90 Å². The SMILES string of the molecule is CCCCc1ncc(CN2CCC3(CC2)C[C@](C)(O)[C@@H](O)CO3)[nH]1. The zero-order valence-corrected chi connectivity index (χ0v) is 14.9. The summed E-state index contributed by atoms with van der Waals surface area (Å²) in [6.07, 6.45) is 6.84. The monoisotopic (exact) mass is 337 g/mol. The number of rotatable bonds is 5. The van der Waals surface area contributed by atoms with E-state index in [1.807, 2.05) is 6.20 Å². The van der Waals surface area contributed by atoms with Gasteiger partial charge in [-0.25, -0.2) is 4.98 Å². The number of H-pyrrole nitrogens is 1. The predicted octanol–water partition coefficient (Wildman–Crippen LogP) is 1.62. The molecule has 0 amide bonds. The van der Waals surface area contributed by atoms with E-state index in [1.54, 1.807) is 6.92 Å².